The van der Waals surface area contributed by atoms with E-state index in [1.165, 1.54) is 0 Å². The van der Waals surface area contributed by atoms with E-state index in [1.54, 1.807) is 0 Å². The Kier molecular flexibility index (Phi) is 2.95. The molecule has 2 atom stereocenters. The molecule has 5 nitrogen and oxygen atoms in total. The fourth-order valence-corrected chi connectivity index (χ4v) is 2.58. The number of amides is 1. The van der Waals surface area contributed by atoms with Gasteiger partial charge in [-0.05, 0) is 20.8 Å². The molecule has 1 amide bonds. The van der Waals surface area contributed by atoms with Gasteiger partial charge in [0.2, 0.25) is 5.91 Å². The van der Waals surface area contributed by atoms with Crippen molar-refractivity contribution in [3.05, 3.63) is 17.5 Å². The van der Waals surface area contributed by atoms with Crippen molar-refractivity contribution < 1.29 is 4.79 Å². The Morgan fingerprint density at radius 1 is 1.53 bits per heavy atom. The summed E-state index contributed by atoms with van der Waals surface area (Å²) in [5, 5.41) is 4.24. The predicted molar refractivity (Wildman–Crippen MR) is 65.3 cm³/mol. The topological polar surface area (TPSA) is 64.2 Å². The van der Waals surface area contributed by atoms with Gasteiger partial charge in [-0.2, -0.15) is 5.10 Å². The molecule has 0 aliphatic carbocycles. The first-order chi connectivity index (χ1) is 7.93. The SMILES string of the molecule is Cc1c([C@H]2[C@H](N)CC(=O)N2C(C)C)cnn1C. The summed E-state index contributed by atoms with van der Waals surface area (Å²) in [5.74, 6) is 0.140. The molecule has 0 aromatic carbocycles. The van der Waals surface area contributed by atoms with Crippen molar-refractivity contribution in [2.45, 2.75) is 45.3 Å². The molecule has 1 saturated heterocycles. The van der Waals surface area contributed by atoms with Crippen molar-refractivity contribution in [1.29, 1.82) is 0 Å². The van der Waals surface area contributed by atoms with E-state index < -0.39 is 0 Å². The average molecular weight is 236 g/mol. The highest BCUT2D eigenvalue weighted by molar-refractivity contribution is 5.80. The number of nitrogens with two attached hydrogens (primary N) is 1. The van der Waals surface area contributed by atoms with Crippen molar-refractivity contribution in [2.75, 3.05) is 0 Å². The van der Waals surface area contributed by atoms with Gasteiger partial charge in [-0.3, -0.25) is 9.48 Å². The average Bonchev–Trinajstić information content (AvgIpc) is 2.69. The van der Waals surface area contributed by atoms with Crippen LogP contribution in [-0.4, -0.2) is 32.7 Å². The Balaban J connectivity index is 2.42. The van der Waals surface area contributed by atoms with Crippen LogP contribution in [0.15, 0.2) is 6.20 Å². The summed E-state index contributed by atoms with van der Waals surface area (Å²) in [5.41, 5.74) is 8.25. The fourth-order valence-electron chi connectivity index (χ4n) is 2.58. The summed E-state index contributed by atoms with van der Waals surface area (Å²) >= 11 is 0. The number of carbonyl (C=O) groups is 1. The Morgan fingerprint density at radius 2 is 2.18 bits per heavy atom. The number of likely N-dealkylation sites (tertiary alicyclic amines) is 1. The van der Waals surface area contributed by atoms with Crippen molar-refractivity contribution >= 4 is 5.91 Å². The van der Waals surface area contributed by atoms with Gasteiger partial charge in [0.15, 0.2) is 0 Å². The first-order valence-electron chi connectivity index (χ1n) is 5.98. The molecule has 2 heterocycles. The number of aryl methyl sites for hydroxylation is 1. The van der Waals surface area contributed by atoms with Gasteiger partial charge < -0.3 is 10.6 Å². The molecule has 5 heteroatoms. The Hall–Kier alpha value is -1.36. The monoisotopic (exact) mass is 236 g/mol. The molecule has 94 valence electrons. The molecule has 1 aromatic rings. The lowest BCUT2D eigenvalue weighted by atomic mass is 10.0. The third kappa shape index (κ3) is 1.84. The van der Waals surface area contributed by atoms with E-state index in [9.17, 15) is 4.79 Å². The number of carbonyl (C=O) groups excluding carboxylic acids is 1. The molecule has 2 N–H and O–H groups in total. The third-order valence-corrected chi connectivity index (χ3v) is 3.55. The molecule has 0 radical (unpaired) electrons. The molecule has 2 rings (SSSR count). The van der Waals surface area contributed by atoms with E-state index in [2.05, 4.69) is 5.10 Å². The predicted octanol–water partition coefficient (Wildman–Crippen LogP) is 0.738. The van der Waals surface area contributed by atoms with Crippen LogP contribution in [0, 0.1) is 6.92 Å². The lowest BCUT2D eigenvalue weighted by Gasteiger charge is -2.30. The van der Waals surface area contributed by atoms with Crippen molar-refractivity contribution in [3.63, 3.8) is 0 Å². The second kappa shape index (κ2) is 4.14. The fraction of sp³-hybridized carbons (Fsp3) is 0.667. The molecule has 1 aliphatic heterocycles. The maximum absolute atomic E-state index is 11.9. The highest BCUT2D eigenvalue weighted by atomic mass is 16.2. The highest BCUT2D eigenvalue weighted by Gasteiger charge is 2.41. The van der Waals surface area contributed by atoms with Crippen LogP contribution in [0.1, 0.15) is 37.6 Å². The molecular formula is C12H20N4O. The zero-order chi connectivity index (χ0) is 12.7. The van der Waals surface area contributed by atoms with Gasteiger partial charge in [-0.15, -0.1) is 0 Å². The van der Waals surface area contributed by atoms with E-state index in [1.807, 2.05) is 43.6 Å². The number of rotatable bonds is 2. The van der Waals surface area contributed by atoms with E-state index in [0.717, 1.165) is 11.3 Å². The molecule has 0 saturated carbocycles. The van der Waals surface area contributed by atoms with E-state index in [-0.39, 0.29) is 24.0 Å². The summed E-state index contributed by atoms with van der Waals surface area (Å²) in [7, 11) is 1.90. The lowest BCUT2D eigenvalue weighted by Crippen LogP contribution is -2.37. The number of aromatic nitrogens is 2. The first kappa shape index (κ1) is 12.1. The van der Waals surface area contributed by atoms with E-state index in [0.29, 0.717) is 6.42 Å². The van der Waals surface area contributed by atoms with Crippen molar-refractivity contribution in [2.24, 2.45) is 12.8 Å². The molecule has 0 bridgehead atoms. The number of hydrogen-bond acceptors (Lipinski definition) is 3. The van der Waals surface area contributed by atoms with Gasteiger partial charge in [0.05, 0.1) is 12.2 Å². The highest BCUT2D eigenvalue weighted by Crippen LogP contribution is 2.34. The zero-order valence-electron chi connectivity index (χ0n) is 10.8. The van der Waals surface area contributed by atoms with E-state index >= 15 is 0 Å². The molecule has 1 aliphatic rings. The molecule has 0 unspecified atom stereocenters. The lowest BCUT2D eigenvalue weighted by molar-refractivity contribution is -0.130. The summed E-state index contributed by atoms with van der Waals surface area (Å²) in [6.07, 6.45) is 2.25. The van der Waals surface area contributed by atoms with Crippen LogP contribution in [0.2, 0.25) is 0 Å². The molecule has 17 heavy (non-hydrogen) atoms. The zero-order valence-corrected chi connectivity index (χ0v) is 10.8. The second-order valence-electron chi connectivity index (χ2n) is 5.02. The van der Waals surface area contributed by atoms with Crippen LogP contribution in [0.3, 0.4) is 0 Å². The largest absolute Gasteiger partial charge is 0.331 e. The minimum absolute atomic E-state index is 0.0313. The number of hydrogen-bond donors (Lipinski definition) is 1. The molecule has 1 aromatic heterocycles. The minimum atomic E-state index is -0.132. The van der Waals surface area contributed by atoms with Crippen LogP contribution in [0.4, 0.5) is 0 Å². The van der Waals surface area contributed by atoms with Gasteiger partial charge in [-0.25, -0.2) is 0 Å². The van der Waals surface area contributed by atoms with E-state index in [4.69, 9.17) is 5.73 Å². The maximum Gasteiger partial charge on any atom is 0.225 e. The smallest absolute Gasteiger partial charge is 0.225 e. The summed E-state index contributed by atoms with van der Waals surface area (Å²) in [6.45, 7) is 6.06. The van der Waals surface area contributed by atoms with Crippen LogP contribution < -0.4 is 5.73 Å². The molecule has 1 fully saturated rings. The van der Waals surface area contributed by atoms with Gasteiger partial charge >= 0.3 is 0 Å². The van der Waals surface area contributed by atoms with Crippen LogP contribution in [0.5, 0.6) is 0 Å². The third-order valence-electron chi connectivity index (χ3n) is 3.55. The Labute approximate surface area is 102 Å². The quantitative estimate of drug-likeness (QED) is 0.823. The van der Waals surface area contributed by atoms with Gasteiger partial charge in [0.25, 0.3) is 0 Å². The Morgan fingerprint density at radius 3 is 2.65 bits per heavy atom. The maximum atomic E-state index is 11.9. The second-order valence-corrected chi connectivity index (χ2v) is 5.02. The molecular weight excluding hydrogens is 216 g/mol. The first-order valence-corrected chi connectivity index (χ1v) is 5.98. The summed E-state index contributed by atoms with van der Waals surface area (Å²) in [4.78, 5) is 13.8. The van der Waals surface area contributed by atoms with Crippen LogP contribution in [0.25, 0.3) is 0 Å². The van der Waals surface area contributed by atoms with Gasteiger partial charge in [-0.1, -0.05) is 0 Å². The van der Waals surface area contributed by atoms with Crippen molar-refractivity contribution in [3.8, 4) is 0 Å². The van der Waals surface area contributed by atoms with Crippen LogP contribution >= 0.6 is 0 Å². The minimum Gasteiger partial charge on any atom is -0.331 e. The van der Waals surface area contributed by atoms with Crippen molar-refractivity contribution in [1.82, 2.24) is 14.7 Å². The van der Waals surface area contributed by atoms with Crippen LogP contribution in [-0.2, 0) is 11.8 Å². The number of nitrogens with zero attached hydrogens (tertiary/aromatic N) is 3. The molecule has 0 spiro atoms. The summed E-state index contributed by atoms with van der Waals surface area (Å²) < 4.78 is 1.82. The Bertz CT molecular complexity index is 438. The summed E-state index contributed by atoms with van der Waals surface area (Å²) in [6, 6.07) is 0.00431. The van der Waals surface area contributed by atoms with Gasteiger partial charge in [0.1, 0.15) is 0 Å². The standard InChI is InChI=1S/C12H20N4O/c1-7(2)16-11(17)5-10(13)12(16)9-6-14-15(4)8(9)3/h6-7,10,12H,5,13H2,1-4H3/t10-,12+/m1/s1. The normalized spacial score (nSPS) is 25.1. The van der Waals surface area contributed by atoms with Gasteiger partial charge in [0, 0.05) is 36.8 Å².